The molecule has 0 aliphatic carbocycles. The summed E-state index contributed by atoms with van der Waals surface area (Å²) in [5.74, 6) is -0.798. The number of thiazole rings is 1. The lowest BCUT2D eigenvalue weighted by atomic mass is 9.97. The monoisotopic (exact) mass is 489 g/mol. The standard InChI is InChI=1S/C22H18F3N5O3S/c1-11(7-15(32)19-13-5-6-18(33)30-20(13)28-10-27-19)21-26-9-16(34-21)14(31)8-12-3-2-4-17(29-12)22(23,24)25/h2-4,9-11H,5-8H2,1H3,(H,27,28,30,33)/t11-/m0/s1. The van der Waals surface area contributed by atoms with Crippen molar-refractivity contribution in [3.8, 4) is 0 Å². The van der Waals surface area contributed by atoms with Crippen LogP contribution in [0.4, 0.5) is 19.0 Å². The molecule has 1 aliphatic rings. The molecule has 176 valence electrons. The number of fused-ring (bicyclic) bond motifs is 1. The Hall–Kier alpha value is -3.54. The van der Waals surface area contributed by atoms with Crippen LogP contribution in [0.3, 0.4) is 0 Å². The highest BCUT2D eigenvalue weighted by Gasteiger charge is 2.32. The number of carbonyl (C=O) groups excluding carboxylic acids is 3. The predicted molar refractivity (Wildman–Crippen MR) is 116 cm³/mol. The van der Waals surface area contributed by atoms with Crippen LogP contribution in [0.25, 0.3) is 0 Å². The second-order valence-corrected chi connectivity index (χ2v) is 8.86. The average molecular weight is 489 g/mol. The second-order valence-electron chi connectivity index (χ2n) is 7.80. The first kappa shape index (κ1) is 23.6. The van der Waals surface area contributed by atoms with Crippen molar-refractivity contribution in [3.05, 3.63) is 63.3 Å². The van der Waals surface area contributed by atoms with Gasteiger partial charge < -0.3 is 5.32 Å². The SMILES string of the molecule is C[C@@H](CC(=O)c1ncnc2c1CCC(=O)N2)c1ncc(C(=O)Cc2cccc(C(F)(F)F)n2)s1. The number of amides is 1. The maximum Gasteiger partial charge on any atom is 0.433 e. The second kappa shape index (κ2) is 9.37. The van der Waals surface area contributed by atoms with Crippen molar-refractivity contribution in [1.82, 2.24) is 19.9 Å². The summed E-state index contributed by atoms with van der Waals surface area (Å²) in [5.41, 5.74) is -0.191. The van der Waals surface area contributed by atoms with Crippen LogP contribution in [-0.2, 0) is 23.8 Å². The molecule has 0 aromatic carbocycles. The van der Waals surface area contributed by atoms with E-state index >= 15 is 0 Å². The van der Waals surface area contributed by atoms with Gasteiger partial charge >= 0.3 is 6.18 Å². The molecule has 0 fully saturated rings. The fraction of sp³-hybridized carbons (Fsp3) is 0.318. The van der Waals surface area contributed by atoms with Crippen molar-refractivity contribution in [2.75, 3.05) is 5.32 Å². The van der Waals surface area contributed by atoms with E-state index in [1.165, 1.54) is 24.7 Å². The topological polar surface area (TPSA) is 115 Å². The van der Waals surface area contributed by atoms with Gasteiger partial charge in [-0.3, -0.25) is 14.4 Å². The molecule has 8 nitrogen and oxygen atoms in total. The minimum atomic E-state index is -4.59. The first-order valence-electron chi connectivity index (χ1n) is 10.3. The highest BCUT2D eigenvalue weighted by molar-refractivity contribution is 7.13. The molecule has 1 amide bonds. The molecule has 0 bridgehead atoms. The van der Waals surface area contributed by atoms with Crippen LogP contribution < -0.4 is 5.32 Å². The molecule has 0 radical (unpaired) electrons. The normalized spacial score (nSPS) is 14.3. The Morgan fingerprint density at radius 1 is 1.15 bits per heavy atom. The van der Waals surface area contributed by atoms with E-state index in [4.69, 9.17) is 0 Å². The van der Waals surface area contributed by atoms with Crippen molar-refractivity contribution in [2.24, 2.45) is 0 Å². The summed E-state index contributed by atoms with van der Waals surface area (Å²) >= 11 is 1.09. The number of hydrogen-bond acceptors (Lipinski definition) is 8. The van der Waals surface area contributed by atoms with Gasteiger partial charge in [-0.25, -0.2) is 19.9 Å². The molecule has 1 aliphatic heterocycles. The van der Waals surface area contributed by atoms with Gasteiger partial charge in [0.05, 0.1) is 16.3 Å². The Labute approximate surface area is 195 Å². The largest absolute Gasteiger partial charge is 0.433 e. The van der Waals surface area contributed by atoms with Gasteiger partial charge in [-0.2, -0.15) is 13.2 Å². The summed E-state index contributed by atoms with van der Waals surface area (Å²) in [4.78, 5) is 53.2. The zero-order valence-electron chi connectivity index (χ0n) is 17.8. The van der Waals surface area contributed by atoms with Crippen LogP contribution in [0.1, 0.15) is 67.8 Å². The van der Waals surface area contributed by atoms with Gasteiger partial charge in [0.25, 0.3) is 0 Å². The zero-order valence-corrected chi connectivity index (χ0v) is 18.7. The predicted octanol–water partition coefficient (Wildman–Crippen LogP) is 4.03. The van der Waals surface area contributed by atoms with E-state index in [9.17, 15) is 27.6 Å². The molecule has 0 saturated carbocycles. The van der Waals surface area contributed by atoms with E-state index in [1.54, 1.807) is 6.92 Å². The number of rotatable bonds is 7. The molecule has 3 aromatic rings. The Balaban J connectivity index is 1.43. The minimum Gasteiger partial charge on any atom is -0.310 e. The van der Waals surface area contributed by atoms with Crippen LogP contribution >= 0.6 is 11.3 Å². The summed E-state index contributed by atoms with van der Waals surface area (Å²) in [7, 11) is 0. The first-order valence-corrected chi connectivity index (χ1v) is 11.1. The van der Waals surface area contributed by atoms with Crippen molar-refractivity contribution in [3.63, 3.8) is 0 Å². The van der Waals surface area contributed by atoms with Crippen LogP contribution in [0.5, 0.6) is 0 Å². The zero-order chi connectivity index (χ0) is 24.5. The molecule has 1 N–H and O–H groups in total. The average Bonchev–Trinajstić information content (AvgIpc) is 3.29. The Morgan fingerprint density at radius 3 is 2.71 bits per heavy atom. The Bertz CT molecular complexity index is 1270. The van der Waals surface area contributed by atoms with Crippen LogP contribution in [0, 0.1) is 0 Å². The Kier molecular flexibility index (Phi) is 6.51. The van der Waals surface area contributed by atoms with E-state index in [2.05, 4.69) is 25.3 Å². The van der Waals surface area contributed by atoms with E-state index in [0.717, 1.165) is 17.4 Å². The number of anilines is 1. The van der Waals surface area contributed by atoms with E-state index in [1.807, 2.05) is 0 Å². The summed E-state index contributed by atoms with van der Waals surface area (Å²) in [5, 5.41) is 3.18. The highest BCUT2D eigenvalue weighted by atomic mass is 32.1. The fourth-order valence-corrected chi connectivity index (χ4v) is 4.43. The third kappa shape index (κ3) is 5.16. The van der Waals surface area contributed by atoms with Gasteiger partial charge in [-0.05, 0) is 18.6 Å². The molecule has 0 saturated heterocycles. The molecule has 3 aromatic heterocycles. The van der Waals surface area contributed by atoms with Crippen LogP contribution in [-0.4, -0.2) is 37.4 Å². The fourth-order valence-electron chi connectivity index (χ4n) is 3.52. The van der Waals surface area contributed by atoms with Crippen LogP contribution in [0.15, 0.2) is 30.7 Å². The third-order valence-corrected chi connectivity index (χ3v) is 6.49. The number of nitrogens with one attached hydrogen (secondary N) is 1. The number of Topliss-reactive ketones (excluding diaryl/α,β-unsaturated/α-hetero) is 2. The maximum atomic E-state index is 12.9. The maximum absolute atomic E-state index is 12.9. The summed E-state index contributed by atoms with van der Waals surface area (Å²) in [6.07, 6.45) is -1.60. The minimum absolute atomic E-state index is 0.0126. The van der Waals surface area contributed by atoms with Gasteiger partial charge in [0.1, 0.15) is 23.5 Å². The van der Waals surface area contributed by atoms with Gasteiger partial charge in [0.15, 0.2) is 11.6 Å². The van der Waals surface area contributed by atoms with Crippen molar-refractivity contribution >= 4 is 34.6 Å². The van der Waals surface area contributed by atoms with Crippen LogP contribution in [0.2, 0.25) is 0 Å². The number of halogens is 3. The van der Waals surface area contributed by atoms with Crippen molar-refractivity contribution < 1.29 is 27.6 Å². The van der Waals surface area contributed by atoms with E-state index < -0.39 is 17.7 Å². The molecule has 4 heterocycles. The number of alkyl halides is 3. The summed E-state index contributed by atoms with van der Waals surface area (Å²) in [6, 6.07) is 3.42. The lowest BCUT2D eigenvalue weighted by molar-refractivity contribution is -0.141. The van der Waals surface area contributed by atoms with Gasteiger partial charge in [0, 0.05) is 36.2 Å². The van der Waals surface area contributed by atoms with Crippen molar-refractivity contribution in [1.29, 1.82) is 0 Å². The van der Waals surface area contributed by atoms with Gasteiger partial charge in [-0.1, -0.05) is 13.0 Å². The lowest BCUT2D eigenvalue weighted by Gasteiger charge is -2.17. The first-order chi connectivity index (χ1) is 16.1. The smallest absolute Gasteiger partial charge is 0.310 e. The molecular formula is C22H18F3N5O3S. The van der Waals surface area contributed by atoms with Gasteiger partial charge in [0.2, 0.25) is 5.91 Å². The summed E-state index contributed by atoms with van der Waals surface area (Å²) in [6.45, 7) is 1.79. The number of aromatic nitrogens is 4. The summed E-state index contributed by atoms with van der Waals surface area (Å²) < 4.78 is 38.5. The van der Waals surface area contributed by atoms with Gasteiger partial charge in [-0.15, -0.1) is 11.3 Å². The highest BCUT2D eigenvalue weighted by Crippen LogP contribution is 2.30. The quantitative estimate of drug-likeness (QED) is 0.498. The molecule has 0 unspecified atom stereocenters. The molecule has 12 heteroatoms. The van der Waals surface area contributed by atoms with Crippen molar-refractivity contribution in [2.45, 2.75) is 44.7 Å². The lowest BCUT2D eigenvalue weighted by Crippen LogP contribution is -2.23. The molecule has 34 heavy (non-hydrogen) atoms. The number of ketones is 2. The van der Waals surface area contributed by atoms with E-state index in [0.29, 0.717) is 22.8 Å². The molecule has 0 spiro atoms. The Morgan fingerprint density at radius 2 is 1.94 bits per heavy atom. The molecule has 1 atom stereocenters. The third-order valence-electron chi connectivity index (χ3n) is 5.22. The number of hydrogen-bond donors (Lipinski definition) is 1. The number of pyridine rings is 1. The number of carbonyl (C=O) groups is 3. The van der Waals surface area contributed by atoms with E-state index in [-0.39, 0.29) is 53.1 Å². The molecular weight excluding hydrogens is 471 g/mol. The number of nitrogens with zero attached hydrogens (tertiary/aromatic N) is 4. The molecule has 4 rings (SSSR count).